The second-order valence-electron chi connectivity index (χ2n) is 9.72. The highest BCUT2D eigenvalue weighted by atomic mass is 16.4. The van der Waals surface area contributed by atoms with Crippen molar-refractivity contribution in [3.05, 3.63) is 59.4 Å². The fourth-order valence-electron chi connectivity index (χ4n) is 4.67. The first-order chi connectivity index (χ1) is 17.0. The second kappa shape index (κ2) is 14.9. The Morgan fingerprint density at radius 3 is 2.17 bits per heavy atom. The van der Waals surface area contributed by atoms with Gasteiger partial charge in [0, 0.05) is 24.9 Å². The van der Waals surface area contributed by atoms with Crippen LogP contribution >= 0.6 is 0 Å². The summed E-state index contributed by atoms with van der Waals surface area (Å²) in [5.41, 5.74) is 1.87. The maximum absolute atomic E-state index is 12.9. The highest BCUT2D eigenvalue weighted by Gasteiger charge is 2.25. The van der Waals surface area contributed by atoms with E-state index in [0.717, 1.165) is 37.7 Å². The van der Waals surface area contributed by atoms with Gasteiger partial charge in [0.2, 0.25) is 0 Å². The van der Waals surface area contributed by atoms with E-state index >= 15 is 0 Å². The van der Waals surface area contributed by atoms with Crippen LogP contribution < -0.4 is 10.6 Å². The predicted molar refractivity (Wildman–Crippen MR) is 139 cm³/mol. The van der Waals surface area contributed by atoms with Crippen LogP contribution in [0.25, 0.3) is 0 Å². The van der Waals surface area contributed by atoms with E-state index in [1.54, 1.807) is 12.1 Å². The lowest BCUT2D eigenvalue weighted by atomic mass is 9.76. The topological polar surface area (TPSA) is 114 Å². The van der Waals surface area contributed by atoms with Gasteiger partial charge in [-0.2, -0.15) is 0 Å². The molecule has 2 atom stereocenters. The minimum atomic E-state index is -1.51. The standard InChI is InChI=1S/C27H40BN3O4/c32-25-16-12-7-5-3-1-2-4-6-11-15-22(30-27(33)24-18-17-23(25)31-24)20-29-26(28(34)35)19-21-13-9-8-10-14-21/h8-10,13-14,17-18,22,26,29,31,34-35H,1-7,11-12,15-16,19-20H2,(H,30,33)/t22-,26-/m0/s1. The molecule has 0 saturated carbocycles. The van der Waals surface area contributed by atoms with E-state index in [4.69, 9.17) is 0 Å². The first kappa shape index (κ1) is 27.2. The summed E-state index contributed by atoms with van der Waals surface area (Å²) in [5.74, 6) is -0.748. The van der Waals surface area contributed by atoms with Gasteiger partial charge in [-0.25, -0.2) is 0 Å². The highest BCUT2D eigenvalue weighted by Crippen LogP contribution is 2.15. The number of carbonyl (C=O) groups is 2. The number of nitrogens with one attached hydrogen (secondary N) is 3. The van der Waals surface area contributed by atoms with Crippen LogP contribution in [-0.4, -0.2) is 52.4 Å². The molecule has 1 aromatic carbocycles. The molecule has 2 bridgehead atoms. The van der Waals surface area contributed by atoms with Gasteiger partial charge in [0.05, 0.1) is 5.69 Å². The van der Waals surface area contributed by atoms with E-state index in [2.05, 4.69) is 15.6 Å². The van der Waals surface area contributed by atoms with Gasteiger partial charge in [0.25, 0.3) is 5.91 Å². The van der Waals surface area contributed by atoms with Crippen molar-refractivity contribution in [1.82, 2.24) is 15.6 Å². The number of aromatic amines is 1. The molecule has 0 aliphatic carbocycles. The molecular formula is C27H40BN3O4. The number of benzene rings is 1. The van der Waals surface area contributed by atoms with Gasteiger partial charge in [-0.3, -0.25) is 9.59 Å². The van der Waals surface area contributed by atoms with Gasteiger partial charge in [-0.15, -0.1) is 0 Å². The van der Waals surface area contributed by atoms with Crippen molar-refractivity contribution in [1.29, 1.82) is 0 Å². The minimum absolute atomic E-state index is 0.0454. The Labute approximate surface area is 209 Å². The lowest BCUT2D eigenvalue weighted by Crippen LogP contribution is -2.51. The molecule has 1 aliphatic rings. The number of Topliss-reactive ketones (excluding diaryl/α,β-unsaturated/α-hetero) is 1. The molecule has 7 nitrogen and oxygen atoms in total. The average molecular weight is 481 g/mol. The fourth-order valence-corrected chi connectivity index (χ4v) is 4.67. The van der Waals surface area contributed by atoms with Gasteiger partial charge in [0.15, 0.2) is 5.78 Å². The molecule has 190 valence electrons. The zero-order valence-electron chi connectivity index (χ0n) is 20.7. The maximum atomic E-state index is 12.9. The van der Waals surface area contributed by atoms with Crippen LogP contribution in [0.3, 0.4) is 0 Å². The number of hydrogen-bond acceptors (Lipinski definition) is 5. The number of amides is 1. The van der Waals surface area contributed by atoms with Crippen molar-refractivity contribution in [2.45, 2.75) is 89.0 Å². The van der Waals surface area contributed by atoms with Crippen LogP contribution in [0.15, 0.2) is 42.5 Å². The summed E-state index contributed by atoms with van der Waals surface area (Å²) in [6, 6.07) is 12.9. The SMILES string of the molecule is O=C1CCCCCCCCCCC[C@@H](CN[C@@H](Cc2ccccc2)B(O)O)NC(=O)c2ccc1[nH]2. The van der Waals surface area contributed by atoms with Gasteiger partial charge in [-0.1, -0.05) is 81.7 Å². The number of H-pyrrole nitrogens is 1. The molecule has 0 spiro atoms. The lowest BCUT2D eigenvalue weighted by molar-refractivity contribution is 0.0929. The zero-order chi connectivity index (χ0) is 24.9. The fraction of sp³-hybridized carbons (Fsp3) is 0.556. The van der Waals surface area contributed by atoms with Crippen molar-refractivity contribution in [2.75, 3.05) is 6.54 Å². The predicted octanol–water partition coefficient (Wildman–Crippen LogP) is 3.81. The Hall–Kier alpha value is -2.42. The third-order valence-corrected chi connectivity index (χ3v) is 6.81. The van der Waals surface area contributed by atoms with Crippen LogP contribution in [0.4, 0.5) is 0 Å². The summed E-state index contributed by atoms with van der Waals surface area (Å²) < 4.78 is 0. The largest absolute Gasteiger partial charge is 0.469 e. The minimum Gasteiger partial charge on any atom is -0.426 e. The molecule has 5 N–H and O–H groups in total. The second-order valence-corrected chi connectivity index (χ2v) is 9.72. The van der Waals surface area contributed by atoms with Gasteiger partial charge in [0.1, 0.15) is 5.69 Å². The van der Waals surface area contributed by atoms with Gasteiger partial charge in [-0.05, 0) is 37.0 Å². The van der Waals surface area contributed by atoms with Crippen molar-refractivity contribution in [3.8, 4) is 0 Å². The number of carbonyl (C=O) groups excluding carboxylic acids is 2. The van der Waals surface area contributed by atoms with Crippen LogP contribution in [0.1, 0.15) is 97.2 Å². The van der Waals surface area contributed by atoms with Crippen LogP contribution in [0, 0.1) is 0 Å². The normalized spacial score (nSPS) is 19.9. The Morgan fingerprint density at radius 2 is 1.49 bits per heavy atom. The molecule has 0 saturated heterocycles. The molecule has 2 aromatic rings. The molecule has 0 unspecified atom stereocenters. The van der Waals surface area contributed by atoms with E-state index in [-0.39, 0.29) is 17.7 Å². The number of hydrogen-bond donors (Lipinski definition) is 5. The van der Waals surface area contributed by atoms with Crippen molar-refractivity contribution in [2.24, 2.45) is 0 Å². The smallest absolute Gasteiger partial charge is 0.426 e. The van der Waals surface area contributed by atoms with Crippen molar-refractivity contribution >= 4 is 18.8 Å². The number of ketones is 1. The first-order valence-electron chi connectivity index (χ1n) is 13.2. The molecule has 1 aromatic heterocycles. The first-order valence-corrected chi connectivity index (χ1v) is 13.2. The molecule has 1 amide bonds. The Morgan fingerprint density at radius 1 is 0.857 bits per heavy atom. The van der Waals surface area contributed by atoms with Crippen LogP contribution in [0.5, 0.6) is 0 Å². The molecule has 1 aliphatic heterocycles. The third kappa shape index (κ3) is 9.63. The van der Waals surface area contributed by atoms with E-state index in [9.17, 15) is 19.6 Å². The van der Waals surface area contributed by atoms with Gasteiger partial charge < -0.3 is 25.7 Å². The van der Waals surface area contributed by atoms with Gasteiger partial charge >= 0.3 is 7.12 Å². The molecule has 0 radical (unpaired) electrons. The molecule has 8 heteroatoms. The average Bonchev–Trinajstić information content (AvgIpc) is 3.35. The number of fused-ring (bicyclic) bond motifs is 2. The Balaban J connectivity index is 1.64. The lowest BCUT2D eigenvalue weighted by Gasteiger charge is -2.24. The summed E-state index contributed by atoms with van der Waals surface area (Å²) in [5, 5.41) is 26.2. The Bertz CT molecular complexity index is 903. The maximum Gasteiger partial charge on any atom is 0.469 e. The molecule has 0 fully saturated rings. The molecular weight excluding hydrogens is 441 g/mol. The summed E-state index contributed by atoms with van der Waals surface area (Å²) in [6.45, 7) is 0.424. The quantitative estimate of drug-likeness (QED) is 0.403. The van der Waals surface area contributed by atoms with E-state index in [1.807, 2.05) is 30.3 Å². The van der Waals surface area contributed by atoms with E-state index in [0.29, 0.717) is 30.8 Å². The zero-order valence-corrected chi connectivity index (χ0v) is 20.7. The van der Waals surface area contributed by atoms with Crippen molar-refractivity contribution < 1.29 is 19.6 Å². The molecule has 3 rings (SSSR count). The van der Waals surface area contributed by atoms with E-state index < -0.39 is 13.1 Å². The summed E-state index contributed by atoms with van der Waals surface area (Å²) in [6.07, 6.45) is 11.8. The Kier molecular flexibility index (Phi) is 11.5. The summed E-state index contributed by atoms with van der Waals surface area (Å²) in [4.78, 5) is 28.4. The summed E-state index contributed by atoms with van der Waals surface area (Å²) >= 11 is 0. The summed E-state index contributed by atoms with van der Waals surface area (Å²) in [7, 11) is -1.51. The monoisotopic (exact) mass is 481 g/mol. The highest BCUT2D eigenvalue weighted by molar-refractivity contribution is 6.43. The van der Waals surface area contributed by atoms with Crippen LogP contribution in [-0.2, 0) is 6.42 Å². The molecule has 35 heavy (non-hydrogen) atoms. The number of rotatable bonds is 6. The van der Waals surface area contributed by atoms with E-state index in [1.165, 1.54) is 32.1 Å². The molecule has 2 heterocycles. The van der Waals surface area contributed by atoms with Crippen LogP contribution in [0.2, 0.25) is 0 Å². The third-order valence-electron chi connectivity index (χ3n) is 6.81. The van der Waals surface area contributed by atoms with Crippen molar-refractivity contribution in [3.63, 3.8) is 0 Å². The number of aromatic nitrogens is 1.